The van der Waals surface area contributed by atoms with E-state index in [1.807, 2.05) is 35.7 Å². The molecule has 0 atom stereocenters. The molecule has 0 bridgehead atoms. The Morgan fingerprint density at radius 2 is 1.83 bits per heavy atom. The van der Waals surface area contributed by atoms with E-state index in [1.165, 1.54) is 0 Å². The monoisotopic (exact) mass is 334 g/mol. The third-order valence-corrected chi connectivity index (χ3v) is 4.20. The fourth-order valence-corrected chi connectivity index (χ4v) is 2.70. The van der Waals surface area contributed by atoms with Gasteiger partial charge in [0.2, 0.25) is 0 Å². The van der Waals surface area contributed by atoms with Crippen molar-refractivity contribution < 1.29 is 9.53 Å². The van der Waals surface area contributed by atoms with Gasteiger partial charge in [0.15, 0.2) is 0 Å². The second-order valence-electron chi connectivity index (χ2n) is 5.04. The second-order valence-corrected chi connectivity index (χ2v) is 6.07. The van der Waals surface area contributed by atoms with E-state index < -0.39 is 0 Å². The van der Waals surface area contributed by atoms with Crippen LogP contribution in [0.15, 0.2) is 66.0 Å². The minimum atomic E-state index is -0.216. The molecule has 2 aromatic carbocycles. The lowest BCUT2D eigenvalue weighted by Crippen LogP contribution is -2.11. The van der Waals surface area contributed by atoms with Gasteiger partial charge in [-0.2, -0.15) is 5.26 Å². The van der Waals surface area contributed by atoms with Gasteiger partial charge in [0.25, 0.3) is 5.91 Å². The molecule has 3 rings (SSSR count). The molecule has 1 amide bonds. The Kier molecular flexibility index (Phi) is 4.90. The molecule has 24 heavy (non-hydrogen) atoms. The summed E-state index contributed by atoms with van der Waals surface area (Å²) in [5, 5.41) is 13.6. The van der Waals surface area contributed by atoms with Crippen molar-refractivity contribution in [3.05, 3.63) is 82.0 Å². The van der Waals surface area contributed by atoms with Crippen LogP contribution in [0.5, 0.6) is 5.75 Å². The number of nitriles is 1. The highest BCUT2D eigenvalue weighted by molar-refractivity contribution is 7.09. The zero-order valence-electron chi connectivity index (χ0n) is 12.7. The third kappa shape index (κ3) is 4.00. The number of nitrogens with one attached hydrogen (secondary N) is 1. The number of rotatable bonds is 5. The minimum absolute atomic E-state index is 0.216. The first kappa shape index (κ1) is 15.8. The smallest absolute Gasteiger partial charge is 0.255 e. The van der Waals surface area contributed by atoms with Gasteiger partial charge in [-0.3, -0.25) is 4.79 Å². The van der Waals surface area contributed by atoms with Gasteiger partial charge in [-0.15, -0.1) is 11.3 Å². The molecule has 5 heteroatoms. The number of anilines is 1. The molecule has 0 aliphatic carbocycles. The lowest BCUT2D eigenvalue weighted by atomic mass is 10.1. The zero-order chi connectivity index (χ0) is 16.8. The van der Waals surface area contributed by atoms with Crippen LogP contribution in [0.25, 0.3) is 0 Å². The van der Waals surface area contributed by atoms with Crippen molar-refractivity contribution in [2.75, 3.05) is 5.32 Å². The van der Waals surface area contributed by atoms with Crippen molar-refractivity contribution >= 4 is 22.9 Å². The Bertz CT molecular complexity index is 848. The lowest BCUT2D eigenvalue weighted by Gasteiger charge is -2.08. The van der Waals surface area contributed by atoms with Crippen molar-refractivity contribution in [3.63, 3.8) is 0 Å². The highest BCUT2D eigenvalue weighted by atomic mass is 32.1. The molecule has 3 aromatic rings. The maximum atomic E-state index is 12.2. The first-order valence-corrected chi connectivity index (χ1v) is 8.19. The molecule has 0 unspecified atom stereocenters. The molecule has 0 aliphatic heterocycles. The topological polar surface area (TPSA) is 62.1 Å². The number of carbonyl (C=O) groups excluding carboxylic acids is 1. The summed E-state index contributed by atoms with van der Waals surface area (Å²) in [4.78, 5) is 13.3. The summed E-state index contributed by atoms with van der Waals surface area (Å²) in [6.45, 7) is 0.536. The van der Waals surface area contributed by atoms with Gasteiger partial charge >= 0.3 is 0 Å². The molecule has 0 radical (unpaired) electrons. The van der Waals surface area contributed by atoms with Crippen LogP contribution in [0.4, 0.5) is 5.69 Å². The average Bonchev–Trinajstić information content (AvgIpc) is 3.15. The molecule has 0 saturated carbocycles. The molecule has 4 nitrogen and oxygen atoms in total. The molecule has 0 fully saturated rings. The van der Waals surface area contributed by atoms with Crippen molar-refractivity contribution in [1.29, 1.82) is 5.26 Å². The summed E-state index contributed by atoms with van der Waals surface area (Å²) in [6, 6.07) is 19.8. The summed E-state index contributed by atoms with van der Waals surface area (Å²) >= 11 is 1.65. The Morgan fingerprint density at radius 1 is 1.08 bits per heavy atom. The highest BCUT2D eigenvalue weighted by Crippen LogP contribution is 2.19. The van der Waals surface area contributed by atoms with Gasteiger partial charge in [-0.05, 0) is 60.0 Å². The maximum absolute atomic E-state index is 12.2. The Balaban J connectivity index is 1.58. The Morgan fingerprint density at radius 3 is 2.46 bits per heavy atom. The van der Waals surface area contributed by atoms with Crippen LogP contribution in [0.2, 0.25) is 0 Å². The van der Waals surface area contributed by atoms with E-state index in [4.69, 9.17) is 10.00 Å². The van der Waals surface area contributed by atoms with Crippen LogP contribution < -0.4 is 10.1 Å². The second kappa shape index (κ2) is 7.44. The first-order chi connectivity index (χ1) is 11.7. The molecule has 0 aliphatic rings. The maximum Gasteiger partial charge on any atom is 0.255 e. The molecule has 118 valence electrons. The van der Waals surface area contributed by atoms with Crippen molar-refractivity contribution in [2.24, 2.45) is 0 Å². The quantitative estimate of drug-likeness (QED) is 0.750. The summed E-state index contributed by atoms with van der Waals surface area (Å²) in [5.41, 5.74) is 1.72. The normalized spacial score (nSPS) is 9.96. The van der Waals surface area contributed by atoms with Gasteiger partial charge in [-0.1, -0.05) is 6.07 Å². The summed E-state index contributed by atoms with van der Waals surface area (Å²) in [5.74, 6) is 0.534. The van der Waals surface area contributed by atoms with Gasteiger partial charge in [-0.25, -0.2) is 0 Å². The fourth-order valence-electron chi connectivity index (χ4n) is 2.08. The standard InChI is InChI=1S/C19H14N2O2S/c20-12-14-3-5-15(6-4-14)19(22)21-16-7-9-17(10-8-16)23-13-18-2-1-11-24-18/h1-11H,13H2,(H,21,22). The van der Waals surface area contributed by atoms with Gasteiger partial charge in [0.05, 0.1) is 11.6 Å². The lowest BCUT2D eigenvalue weighted by molar-refractivity contribution is 0.102. The van der Waals surface area contributed by atoms with Crippen molar-refractivity contribution in [2.45, 2.75) is 6.61 Å². The number of nitrogens with zero attached hydrogens (tertiary/aromatic N) is 1. The van der Waals surface area contributed by atoms with Crippen LogP contribution >= 0.6 is 11.3 Å². The van der Waals surface area contributed by atoms with Crippen molar-refractivity contribution in [3.8, 4) is 11.8 Å². The first-order valence-electron chi connectivity index (χ1n) is 7.31. The Labute approximate surface area is 143 Å². The number of thiophene rings is 1. The van der Waals surface area contributed by atoms with E-state index in [0.29, 0.717) is 23.4 Å². The summed E-state index contributed by atoms with van der Waals surface area (Å²) < 4.78 is 5.69. The van der Waals surface area contributed by atoms with Crippen molar-refractivity contribution in [1.82, 2.24) is 0 Å². The number of carbonyl (C=O) groups is 1. The molecular weight excluding hydrogens is 320 g/mol. The van der Waals surface area contributed by atoms with Crippen LogP contribution in [0, 0.1) is 11.3 Å². The van der Waals surface area contributed by atoms with Crippen LogP contribution in [0.1, 0.15) is 20.8 Å². The van der Waals surface area contributed by atoms with Gasteiger partial charge in [0.1, 0.15) is 12.4 Å². The Hall–Kier alpha value is -3.10. The number of hydrogen-bond acceptors (Lipinski definition) is 4. The summed E-state index contributed by atoms with van der Waals surface area (Å²) in [6.07, 6.45) is 0. The van der Waals surface area contributed by atoms with Crippen LogP contribution in [0.3, 0.4) is 0 Å². The average molecular weight is 334 g/mol. The predicted octanol–water partition coefficient (Wildman–Crippen LogP) is 4.45. The predicted molar refractivity (Wildman–Crippen MR) is 94.2 cm³/mol. The van der Waals surface area contributed by atoms with E-state index in [9.17, 15) is 4.79 Å². The van der Waals surface area contributed by atoms with E-state index in [1.54, 1.807) is 47.7 Å². The minimum Gasteiger partial charge on any atom is -0.488 e. The van der Waals surface area contributed by atoms with E-state index in [-0.39, 0.29) is 5.91 Å². The van der Waals surface area contributed by atoms with Crippen LogP contribution in [-0.4, -0.2) is 5.91 Å². The van der Waals surface area contributed by atoms with Gasteiger partial charge in [0, 0.05) is 16.1 Å². The van der Waals surface area contributed by atoms with Crippen LogP contribution in [-0.2, 0) is 6.61 Å². The van der Waals surface area contributed by atoms with E-state index in [2.05, 4.69) is 5.32 Å². The SMILES string of the molecule is N#Cc1ccc(C(=O)Nc2ccc(OCc3cccs3)cc2)cc1. The van der Waals surface area contributed by atoms with Gasteiger partial charge < -0.3 is 10.1 Å². The molecule has 0 saturated heterocycles. The number of amides is 1. The number of benzene rings is 2. The molecule has 0 spiro atoms. The molecule has 1 heterocycles. The third-order valence-electron chi connectivity index (χ3n) is 3.35. The fraction of sp³-hybridized carbons (Fsp3) is 0.0526. The molecule has 1 N–H and O–H groups in total. The summed E-state index contributed by atoms with van der Waals surface area (Å²) in [7, 11) is 0. The zero-order valence-corrected chi connectivity index (χ0v) is 13.5. The molecule has 1 aromatic heterocycles. The number of hydrogen-bond donors (Lipinski definition) is 1. The van der Waals surface area contributed by atoms with E-state index in [0.717, 1.165) is 10.6 Å². The number of ether oxygens (including phenoxy) is 1. The van der Waals surface area contributed by atoms with E-state index >= 15 is 0 Å². The molecular formula is C19H14N2O2S. The highest BCUT2D eigenvalue weighted by Gasteiger charge is 2.06. The largest absolute Gasteiger partial charge is 0.488 e.